The Balaban J connectivity index is 2.59. The first kappa shape index (κ1) is 17.6. The van der Waals surface area contributed by atoms with Crippen LogP contribution in [0, 0.1) is 0 Å². The van der Waals surface area contributed by atoms with Crippen molar-refractivity contribution in [3.63, 3.8) is 0 Å². The first-order valence-corrected chi connectivity index (χ1v) is 10.9. The second kappa shape index (κ2) is 6.42. The van der Waals surface area contributed by atoms with Crippen molar-refractivity contribution >= 4 is 43.2 Å². The van der Waals surface area contributed by atoms with Gasteiger partial charge in [-0.2, -0.15) is 3.71 Å². The number of nitrogen functional groups attached to an aromatic ring is 1. The summed E-state index contributed by atoms with van der Waals surface area (Å²) in [5.41, 5.74) is 6.50. The van der Waals surface area contributed by atoms with Crippen LogP contribution in [0.4, 0.5) is 11.4 Å². The number of hydrogen-bond acceptors (Lipinski definition) is 6. The number of anilines is 2. The largest absolute Gasteiger partial charge is 0.398 e. The monoisotopic (exact) mass is 372 g/mol. The van der Waals surface area contributed by atoms with Gasteiger partial charge in [0.1, 0.15) is 0 Å². The molecule has 0 fully saturated rings. The van der Waals surface area contributed by atoms with Gasteiger partial charge in [0.25, 0.3) is 0 Å². The van der Waals surface area contributed by atoms with Gasteiger partial charge < -0.3 is 5.73 Å². The molecule has 0 aliphatic rings. The molecule has 0 amide bonds. The standard InChI is InChI=1S/C14H16N2O4S3/c1-22(17,18)16(23(2,19)20)12-8-4-6-10-14(12)21-13-9-5-3-7-11(13)15/h3-10H,15H2,1-2H3. The summed E-state index contributed by atoms with van der Waals surface area (Å²) < 4.78 is 48.3. The number of para-hydroxylation sites is 2. The Labute approximate surface area is 140 Å². The van der Waals surface area contributed by atoms with E-state index in [0.717, 1.165) is 12.5 Å². The molecule has 124 valence electrons. The van der Waals surface area contributed by atoms with Crippen molar-refractivity contribution in [1.82, 2.24) is 0 Å². The highest BCUT2D eigenvalue weighted by Gasteiger charge is 2.29. The highest BCUT2D eigenvalue weighted by Crippen LogP contribution is 2.39. The number of benzene rings is 2. The minimum Gasteiger partial charge on any atom is -0.398 e. The number of nitrogens with zero attached hydrogens (tertiary/aromatic N) is 1. The van der Waals surface area contributed by atoms with E-state index in [4.69, 9.17) is 5.73 Å². The van der Waals surface area contributed by atoms with Crippen molar-refractivity contribution in [2.45, 2.75) is 9.79 Å². The van der Waals surface area contributed by atoms with Gasteiger partial charge in [0.15, 0.2) is 0 Å². The molecule has 9 heteroatoms. The van der Waals surface area contributed by atoms with E-state index >= 15 is 0 Å². The van der Waals surface area contributed by atoms with E-state index in [1.165, 1.54) is 17.8 Å². The van der Waals surface area contributed by atoms with Crippen LogP contribution in [0.1, 0.15) is 0 Å². The van der Waals surface area contributed by atoms with E-state index < -0.39 is 20.0 Å². The second-order valence-corrected chi connectivity index (χ2v) is 9.81. The Morgan fingerprint density at radius 2 is 1.30 bits per heavy atom. The summed E-state index contributed by atoms with van der Waals surface area (Å²) in [4.78, 5) is 1.18. The zero-order valence-electron chi connectivity index (χ0n) is 12.5. The first-order chi connectivity index (χ1) is 10.6. The zero-order valence-corrected chi connectivity index (χ0v) is 15.0. The SMILES string of the molecule is CS(=O)(=O)N(c1ccccc1Sc1ccccc1N)S(C)(=O)=O. The number of sulfonamides is 2. The van der Waals surface area contributed by atoms with E-state index in [2.05, 4.69) is 0 Å². The molecule has 0 radical (unpaired) electrons. The summed E-state index contributed by atoms with van der Waals surface area (Å²) in [5.74, 6) is 0. The molecular weight excluding hydrogens is 356 g/mol. The Morgan fingerprint density at radius 3 is 1.83 bits per heavy atom. The fourth-order valence-corrected chi connectivity index (χ4v) is 6.09. The van der Waals surface area contributed by atoms with Crippen LogP contribution in [0.25, 0.3) is 0 Å². The minimum absolute atomic E-state index is 0.0748. The third-order valence-corrected chi connectivity index (χ3v) is 7.18. The molecule has 0 aliphatic heterocycles. The lowest BCUT2D eigenvalue weighted by Gasteiger charge is -2.22. The molecule has 0 saturated heterocycles. The van der Waals surface area contributed by atoms with Crippen LogP contribution >= 0.6 is 11.8 Å². The molecule has 0 unspecified atom stereocenters. The van der Waals surface area contributed by atoms with E-state index in [-0.39, 0.29) is 5.69 Å². The zero-order chi connectivity index (χ0) is 17.3. The van der Waals surface area contributed by atoms with Gasteiger partial charge in [0.2, 0.25) is 20.0 Å². The second-order valence-electron chi connectivity index (χ2n) is 4.83. The number of rotatable bonds is 5. The van der Waals surface area contributed by atoms with Crippen LogP contribution in [-0.4, -0.2) is 29.3 Å². The lowest BCUT2D eigenvalue weighted by Crippen LogP contribution is -2.35. The maximum absolute atomic E-state index is 12.0. The van der Waals surface area contributed by atoms with Gasteiger partial charge in [-0.15, -0.1) is 0 Å². The molecule has 0 heterocycles. The molecule has 0 aliphatic carbocycles. The third kappa shape index (κ3) is 4.18. The average molecular weight is 372 g/mol. The predicted molar refractivity (Wildman–Crippen MR) is 93.6 cm³/mol. The van der Waals surface area contributed by atoms with Crippen molar-refractivity contribution in [3.8, 4) is 0 Å². The summed E-state index contributed by atoms with van der Waals surface area (Å²) in [7, 11) is -8.00. The summed E-state index contributed by atoms with van der Waals surface area (Å²) in [6.45, 7) is 0. The smallest absolute Gasteiger partial charge is 0.245 e. The Morgan fingerprint density at radius 1 is 0.826 bits per heavy atom. The molecule has 2 aromatic rings. The molecule has 6 nitrogen and oxygen atoms in total. The quantitative estimate of drug-likeness (QED) is 0.808. The van der Waals surface area contributed by atoms with Crippen molar-refractivity contribution < 1.29 is 16.8 Å². The Kier molecular flexibility index (Phi) is 4.92. The molecule has 2 N–H and O–H groups in total. The van der Waals surface area contributed by atoms with Gasteiger partial charge in [0.05, 0.1) is 18.2 Å². The first-order valence-electron chi connectivity index (χ1n) is 6.42. The van der Waals surface area contributed by atoms with Crippen LogP contribution in [0.5, 0.6) is 0 Å². The number of nitrogens with two attached hydrogens (primary N) is 1. The van der Waals surface area contributed by atoms with Gasteiger partial charge in [0, 0.05) is 15.5 Å². The van der Waals surface area contributed by atoms with Crippen LogP contribution in [-0.2, 0) is 20.0 Å². The predicted octanol–water partition coefficient (Wildman–Crippen LogP) is 2.15. The molecule has 0 atom stereocenters. The van der Waals surface area contributed by atoms with Crippen LogP contribution in [0.15, 0.2) is 58.3 Å². The maximum Gasteiger partial charge on any atom is 0.245 e. The van der Waals surface area contributed by atoms with Crippen molar-refractivity contribution in [2.75, 3.05) is 22.0 Å². The van der Waals surface area contributed by atoms with Gasteiger partial charge in [-0.25, -0.2) is 16.8 Å². The van der Waals surface area contributed by atoms with Gasteiger partial charge in [-0.1, -0.05) is 36.0 Å². The lowest BCUT2D eigenvalue weighted by molar-refractivity contribution is 0.590. The topological polar surface area (TPSA) is 97.5 Å². The summed E-state index contributed by atoms with van der Waals surface area (Å²) in [6, 6.07) is 13.5. The molecule has 2 aromatic carbocycles. The lowest BCUT2D eigenvalue weighted by atomic mass is 10.3. The van der Waals surface area contributed by atoms with Crippen molar-refractivity contribution in [3.05, 3.63) is 48.5 Å². The van der Waals surface area contributed by atoms with Crippen molar-refractivity contribution in [2.24, 2.45) is 0 Å². The van der Waals surface area contributed by atoms with Crippen molar-refractivity contribution in [1.29, 1.82) is 0 Å². The minimum atomic E-state index is -4.00. The number of hydrogen-bond donors (Lipinski definition) is 1. The van der Waals surface area contributed by atoms with E-state index in [1.54, 1.807) is 42.5 Å². The molecule has 2 rings (SSSR count). The van der Waals surface area contributed by atoms with E-state index in [0.29, 0.717) is 19.2 Å². The van der Waals surface area contributed by atoms with E-state index in [9.17, 15) is 16.8 Å². The van der Waals surface area contributed by atoms with Crippen LogP contribution in [0.2, 0.25) is 0 Å². The highest BCUT2D eigenvalue weighted by molar-refractivity contribution is 8.09. The third-order valence-electron chi connectivity index (χ3n) is 2.80. The average Bonchev–Trinajstić information content (AvgIpc) is 2.40. The maximum atomic E-state index is 12.0. The fraction of sp³-hybridized carbons (Fsp3) is 0.143. The summed E-state index contributed by atoms with van der Waals surface area (Å²) in [5, 5.41) is 0. The van der Waals surface area contributed by atoms with E-state index in [1.807, 2.05) is 0 Å². The van der Waals surface area contributed by atoms with Crippen LogP contribution < -0.4 is 9.44 Å². The highest BCUT2D eigenvalue weighted by atomic mass is 32.3. The molecule has 0 aromatic heterocycles. The van der Waals surface area contributed by atoms with Gasteiger partial charge >= 0.3 is 0 Å². The molecule has 23 heavy (non-hydrogen) atoms. The summed E-state index contributed by atoms with van der Waals surface area (Å²) in [6.07, 6.45) is 1.71. The molecular formula is C14H16N2O4S3. The summed E-state index contributed by atoms with van der Waals surface area (Å²) >= 11 is 1.21. The molecule has 0 saturated carbocycles. The Bertz CT molecular complexity index is 893. The van der Waals surface area contributed by atoms with Gasteiger partial charge in [-0.05, 0) is 24.3 Å². The fourth-order valence-electron chi connectivity index (χ4n) is 1.99. The Hall–Kier alpha value is -1.71. The molecule has 0 spiro atoms. The van der Waals surface area contributed by atoms with Gasteiger partial charge in [-0.3, -0.25) is 0 Å². The molecule has 0 bridgehead atoms. The normalized spacial score (nSPS) is 12.1. The van der Waals surface area contributed by atoms with Crippen LogP contribution in [0.3, 0.4) is 0 Å².